The van der Waals surface area contributed by atoms with E-state index in [9.17, 15) is 13.6 Å². The van der Waals surface area contributed by atoms with Gasteiger partial charge in [-0.2, -0.15) is 0 Å². The Morgan fingerprint density at radius 2 is 1.88 bits per heavy atom. The van der Waals surface area contributed by atoms with Gasteiger partial charge in [0.15, 0.2) is 0 Å². The van der Waals surface area contributed by atoms with Crippen molar-refractivity contribution in [3.05, 3.63) is 77.9 Å². The monoisotopic (exact) mass is 341 g/mol. The molecule has 128 valence electrons. The molecule has 2 heterocycles. The number of carbonyl (C=O) groups is 1. The van der Waals surface area contributed by atoms with Crippen LogP contribution in [0.5, 0.6) is 0 Å². The van der Waals surface area contributed by atoms with Gasteiger partial charge in [0, 0.05) is 42.8 Å². The number of halogens is 2. The summed E-state index contributed by atoms with van der Waals surface area (Å²) in [6, 6.07) is 8.67. The average Bonchev–Trinajstić information content (AvgIpc) is 3.07. The Morgan fingerprint density at radius 1 is 1.12 bits per heavy atom. The second-order valence-electron chi connectivity index (χ2n) is 5.55. The second-order valence-corrected chi connectivity index (χ2v) is 5.55. The lowest BCUT2D eigenvalue weighted by Crippen LogP contribution is -2.25. The van der Waals surface area contributed by atoms with Gasteiger partial charge in [0.2, 0.25) is 0 Å². The van der Waals surface area contributed by atoms with Crippen LogP contribution in [0.25, 0.3) is 11.1 Å². The van der Waals surface area contributed by atoms with Gasteiger partial charge in [-0.25, -0.2) is 8.78 Å². The van der Waals surface area contributed by atoms with Crippen molar-refractivity contribution in [3.63, 3.8) is 0 Å². The molecule has 0 radical (unpaired) electrons. The highest BCUT2D eigenvalue weighted by Gasteiger charge is 2.14. The van der Waals surface area contributed by atoms with Crippen molar-refractivity contribution in [1.82, 2.24) is 14.9 Å². The summed E-state index contributed by atoms with van der Waals surface area (Å²) in [5, 5.41) is 2.64. The summed E-state index contributed by atoms with van der Waals surface area (Å²) in [7, 11) is 0. The minimum absolute atomic E-state index is 0.0814. The number of nitrogens with zero attached hydrogens (tertiary/aromatic N) is 2. The van der Waals surface area contributed by atoms with E-state index in [1.807, 2.05) is 29.8 Å². The van der Waals surface area contributed by atoms with E-state index < -0.39 is 11.6 Å². The number of nitrogens with one attached hydrogen (secondary N) is 1. The number of carbonyl (C=O) groups excluding carboxylic acids is 1. The number of hydrogen-bond donors (Lipinski definition) is 1. The van der Waals surface area contributed by atoms with E-state index in [1.165, 1.54) is 0 Å². The minimum Gasteiger partial charge on any atom is -0.347 e. The van der Waals surface area contributed by atoms with Gasteiger partial charge in [-0.15, -0.1) is 0 Å². The second kappa shape index (κ2) is 7.25. The summed E-state index contributed by atoms with van der Waals surface area (Å²) in [5.74, 6) is -1.43. The summed E-state index contributed by atoms with van der Waals surface area (Å²) in [6.07, 6.45) is 5.25. The first-order valence-corrected chi connectivity index (χ1v) is 7.91. The molecule has 6 heteroatoms. The first-order chi connectivity index (χ1) is 12.1. The van der Waals surface area contributed by atoms with Crippen molar-refractivity contribution in [1.29, 1.82) is 0 Å². The van der Waals surface area contributed by atoms with Gasteiger partial charge >= 0.3 is 0 Å². The highest BCUT2D eigenvalue weighted by atomic mass is 19.1. The van der Waals surface area contributed by atoms with Gasteiger partial charge in [-0.05, 0) is 48.9 Å². The molecule has 1 amide bonds. The molecule has 0 saturated carbocycles. The predicted molar refractivity (Wildman–Crippen MR) is 90.9 cm³/mol. The molecule has 0 spiro atoms. The Morgan fingerprint density at radius 3 is 2.60 bits per heavy atom. The molecule has 1 aromatic carbocycles. The fourth-order valence-electron chi connectivity index (χ4n) is 2.61. The van der Waals surface area contributed by atoms with Crippen molar-refractivity contribution in [3.8, 4) is 11.1 Å². The lowest BCUT2D eigenvalue weighted by Gasteiger charge is -2.08. The number of aryl methyl sites for hydroxylation is 1. The van der Waals surface area contributed by atoms with Crippen LogP contribution in [0.15, 0.2) is 55.0 Å². The number of rotatable bonds is 5. The lowest BCUT2D eigenvalue weighted by molar-refractivity contribution is 0.0941. The van der Waals surface area contributed by atoms with Gasteiger partial charge in [0.25, 0.3) is 5.91 Å². The van der Waals surface area contributed by atoms with E-state index >= 15 is 0 Å². The SMILES string of the molecule is CCn1cc(-c2ccncc2)cc1C(=O)NCc1cc(F)ccc1F. The summed E-state index contributed by atoms with van der Waals surface area (Å²) >= 11 is 0. The zero-order valence-corrected chi connectivity index (χ0v) is 13.7. The highest BCUT2D eigenvalue weighted by molar-refractivity contribution is 5.94. The number of hydrogen-bond acceptors (Lipinski definition) is 2. The zero-order valence-electron chi connectivity index (χ0n) is 13.7. The molecule has 0 unspecified atom stereocenters. The smallest absolute Gasteiger partial charge is 0.268 e. The van der Waals surface area contributed by atoms with Gasteiger partial charge in [-0.3, -0.25) is 9.78 Å². The molecule has 3 aromatic rings. The quantitative estimate of drug-likeness (QED) is 0.768. The molecule has 0 aliphatic rings. The third kappa shape index (κ3) is 3.74. The maximum atomic E-state index is 13.7. The van der Waals surface area contributed by atoms with Gasteiger partial charge in [-0.1, -0.05) is 0 Å². The summed E-state index contributed by atoms with van der Waals surface area (Å²) in [5.41, 5.74) is 2.42. The first-order valence-electron chi connectivity index (χ1n) is 7.91. The standard InChI is InChI=1S/C19H17F2N3O/c1-2-24-12-15(13-5-7-22-8-6-13)10-18(24)19(25)23-11-14-9-16(20)3-4-17(14)21/h3-10,12H,2,11H2,1H3,(H,23,25). The third-order valence-corrected chi connectivity index (χ3v) is 3.93. The van der Waals surface area contributed by atoms with E-state index in [1.54, 1.807) is 18.5 Å². The molecule has 0 aliphatic carbocycles. The predicted octanol–water partition coefficient (Wildman–Crippen LogP) is 3.78. The normalized spacial score (nSPS) is 10.7. The van der Waals surface area contributed by atoms with Crippen LogP contribution in [0.3, 0.4) is 0 Å². The molecule has 4 nitrogen and oxygen atoms in total. The van der Waals surface area contributed by atoms with Gasteiger partial charge < -0.3 is 9.88 Å². The average molecular weight is 341 g/mol. The van der Waals surface area contributed by atoms with Crippen LogP contribution in [-0.2, 0) is 13.1 Å². The molecule has 0 fully saturated rings. The Labute approximate surface area is 144 Å². The molecule has 0 aliphatic heterocycles. The molecule has 0 saturated heterocycles. The van der Waals surface area contributed by atoms with E-state index in [0.717, 1.165) is 29.3 Å². The first kappa shape index (κ1) is 16.8. The third-order valence-electron chi connectivity index (χ3n) is 3.93. The Kier molecular flexibility index (Phi) is 4.88. The van der Waals surface area contributed by atoms with E-state index in [-0.39, 0.29) is 18.0 Å². The Bertz CT molecular complexity index is 891. The van der Waals surface area contributed by atoms with E-state index in [2.05, 4.69) is 10.3 Å². The van der Waals surface area contributed by atoms with Crippen LogP contribution in [0.2, 0.25) is 0 Å². The number of benzene rings is 1. The van der Waals surface area contributed by atoms with Crippen molar-refractivity contribution < 1.29 is 13.6 Å². The minimum atomic E-state index is -0.551. The fourth-order valence-corrected chi connectivity index (χ4v) is 2.61. The molecular formula is C19H17F2N3O. The highest BCUT2D eigenvalue weighted by Crippen LogP contribution is 2.22. The van der Waals surface area contributed by atoms with E-state index in [0.29, 0.717) is 12.2 Å². The fraction of sp³-hybridized carbons (Fsp3) is 0.158. The van der Waals surface area contributed by atoms with E-state index in [4.69, 9.17) is 0 Å². The Balaban J connectivity index is 1.80. The Hall–Kier alpha value is -3.02. The zero-order chi connectivity index (χ0) is 17.8. The largest absolute Gasteiger partial charge is 0.347 e. The number of pyridine rings is 1. The van der Waals surface area contributed by atoms with Crippen molar-refractivity contribution in [2.45, 2.75) is 20.0 Å². The molecule has 1 N–H and O–H groups in total. The van der Waals surface area contributed by atoms with Crippen LogP contribution in [0, 0.1) is 11.6 Å². The van der Waals surface area contributed by atoms with Gasteiger partial charge in [0.05, 0.1) is 0 Å². The number of amides is 1. The van der Waals surface area contributed by atoms with Crippen LogP contribution in [0.1, 0.15) is 23.0 Å². The molecular weight excluding hydrogens is 324 g/mol. The molecule has 25 heavy (non-hydrogen) atoms. The molecule has 0 atom stereocenters. The summed E-state index contributed by atoms with van der Waals surface area (Å²) in [6.45, 7) is 2.46. The molecule has 0 bridgehead atoms. The lowest BCUT2D eigenvalue weighted by atomic mass is 10.1. The molecule has 2 aromatic heterocycles. The van der Waals surface area contributed by atoms with Crippen molar-refractivity contribution >= 4 is 5.91 Å². The summed E-state index contributed by atoms with van der Waals surface area (Å²) < 4.78 is 28.7. The topological polar surface area (TPSA) is 46.9 Å². The number of aromatic nitrogens is 2. The van der Waals surface area contributed by atoms with Crippen LogP contribution in [-0.4, -0.2) is 15.5 Å². The maximum Gasteiger partial charge on any atom is 0.268 e. The van der Waals surface area contributed by atoms with Gasteiger partial charge in [0.1, 0.15) is 17.3 Å². The summed E-state index contributed by atoms with van der Waals surface area (Å²) in [4.78, 5) is 16.5. The van der Waals surface area contributed by atoms with Crippen LogP contribution in [0.4, 0.5) is 8.78 Å². The molecule has 3 rings (SSSR count). The van der Waals surface area contributed by atoms with Crippen LogP contribution < -0.4 is 5.32 Å². The maximum absolute atomic E-state index is 13.7. The van der Waals surface area contributed by atoms with Crippen LogP contribution >= 0.6 is 0 Å². The van der Waals surface area contributed by atoms with Crippen molar-refractivity contribution in [2.75, 3.05) is 0 Å². The van der Waals surface area contributed by atoms with Crippen molar-refractivity contribution in [2.24, 2.45) is 0 Å².